The Labute approximate surface area is 161 Å². The van der Waals surface area contributed by atoms with Crippen LogP contribution < -0.4 is 0 Å². The molecule has 1 N–H and O–H groups in total. The molecule has 0 bridgehead atoms. The van der Waals surface area contributed by atoms with Crippen LogP contribution in [0.4, 0.5) is 0 Å². The maximum absolute atomic E-state index is 13.0. The van der Waals surface area contributed by atoms with E-state index in [9.17, 15) is 14.7 Å². The number of hydrogen-bond donors (Lipinski definition) is 1. The summed E-state index contributed by atoms with van der Waals surface area (Å²) in [6.07, 6.45) is 4.69. The van der Waals surface area contributed by atoms with Crippen molar-refractivity contribution >= 4 is 11.7 Å². The van der Waals surface area contributed by atoms with Crippen molar-refractivity contribution in [1.29, 1.82) is 0 Å². The van der Waals surface area contributed by atoms with Gasteiger partial charge in [-0.05, 0) is 36.2 Å². The minimum atomic E-state index is -0.717. The third-order valence-corrected chi connectivity index (χ3v) is 4.76. The molecule has 1 aromatic carbocycles. The van der Waals surface area contributed by atoms with E-state index in [1.165, 1.54) is 17.2 Å². The second-order valence-corrected chi connectivity index (χ2v) is 6.68. The highest BCUT2D eigenvalue weighted by Crippen LogP contribution is 2.39. The van der Waals surface area contributed by atoms with Gasteiger partial charge in [0.25, 0.3) is 5.91 Å². The van der Waals surface area contributed by atoms with Gasteiger partial charge in [0, 0.05) is 18.9 Å². The number of aliphatic hydroxyl groups excluding tert-OH is 1. The topological polar surface area (TPSA) is 83.6 Å². The van der Waals surface area contributed by atoms with Gasteiger partial charge in [0.1, 0.15) is 0 Å². The molecule has 0 fully saturated rings. The van der Waals surface area contributed by atoms with Crippen LogP contribution in [0.25, 0.3) is 0 Å². The first-order valence-corrected chi connectivity index (χ1v) is 8.84. The van der Waals surface area contributed by atoms with E-state index in [4.69, 9.17) is 4.42 Å². The van der Waals surface area contributed by atoms with Gasteiger partial charge < -0.3 is 14.4 Å². The first-order chi connectivity index (χ1) is 13.6. The average molecular weight is 374 g/mol. The van der Waals surface area contributed by atoms with Gasteiger partial charge in [-0.1, -0.05) is 35.9 Å². The smallest absolute Gasteiger partial charge is 0.290 e. The van der Waals surface area contributed by atoms with Crippen LogP contribution in [-0.2, 0) is 11.3 Å². The Morgan fingerprint density at radius 2 is 1.96 bits per heavy atom. The van der Waals surface area contributed by atoms with Crippen LogP contribution in [-0.4, -0.2) is 26.7 Å². The first-order valence-electron chi connectivity index (χ1n) is 8.84. The highest BCUT2D eigenvalue weighted by atomic mass is 16.3. The fourth-order valence-corrected chi connectivity index (χ4v) is 3.37. The number of aliphatic hydroxyl groups is 1. The normalized spacial score (nSPS) is 16.7. The predicted molar refractivity (Wildman–Crippen MR) is 101 cm³/mol. The predicted octanol–water partition coefficient (Wildman–Crippen LogP) is 3.76. The number of ketones is 1. The van der Waals surface area contributed by atoms with E-state index in [1.54, 1.807) is 24.5 Å². The summed E-state index contributed by atoms with van der Waals surface area (Å²) in [7, 11) is 0. The largest absolute Gasteiger partial charge is 0.503 e. The number of aromatic nitrogens is 1. The molecule has 4 rings (SSSR count). The molecule has 1 amide bonds. The van der Waals surface area contributed by atoms with Gasteiger partial charge in [-0.15, -0.1) is 0 Å². The molecule has 0 saturated heterocycles. The minimum Gasteiger partial charge on any atom is -0.503 e. The van der Waals surface area contributed by atoms with Crippen LogP contribution in [0.2, 0.25) is 0 Å². The fraction of sp³-hybridized carbons (Fsp3) is 0.136. The minimum absolute atomic E-state index is 0.0210. The van der Waals surface area contributed by atoms with E-state index in [0.29, 0.717) is 0 Å². The molecule has 1 atom stereocenters. The third-order valence-electron chi connectivity index (χ3n) is 4.76. The molecule has 1 aliphatic heterocycles. The van der Waals surface area contributed by atoms with Gasteiger partial charge >= 0.3 is 0 Å². The van der Waals surface area contributed by atoms with Crippen LogP contribution in [0.15, 0.2) is 82.9 Å². The van der Waals surface area contributed by atoms with E-state index < -0.39 is 23.5 Å². The number of carbonyl (C=O) groups excluding carboxylic acids is 2. The van der Waals surface area contributed by atoms with Crippen molar-refractivity contribution in [2.45, 2.75) is 19.5 Å². The Hall–Kier alpha value is -3.67. The van der Waals surface area contributed by atoms with Gasteiger partial charge in [-0.25, -0.2) is 0 Å². The molecule has 0 saturated carbocycles. The Morgan fingerprint density at radius 1 is 1.18 bits per heavy atom. The number of aryl methyl sites for hydroxylation is 1. The first kappa shape index (κ1) is 17.7. The lowest BCUT2D eigenvalue weighted by molar-refractivity contribution is -0.130. The summed E-state index contributed by atoms with van der Waals surface area (Å²) < 4.78 is 5.21. The summed E-state index contributed by atoms with van der Waals surface area (Å²) in [5, 5.41) is 10.6. The van der Waals surface area contributed by atoms with Crippen LogP contribution in [0.3, 0.4) is 0 Å². The molecular weight excluding hydrogens is 356 g/mol. The molecule has 0 spiro atoms. The molecule has 2 aromatic heterocycles. The zero-order valence-electron chi connectivity index (χ0n) is 15.2. The summed E-state index contributed by atoms with van der Waals surface area (Å²) in [5.74, 6) is -1.56. The molecule has 140 valence electrons. The van der Waals surface area contributed by atoms with Crippen molar-refractivity contribution in [3.63, 3.8) is 0 Å². The highest BCUT2D eigenvalue weighted by Gasteiger charge is 2.44. The second-order valence-electron chi connectivity index (χ2n) is 6.68. The maximum Gasteiger partial charge on any atom is 0.290 e. The maximum atomic E-state index is 13.0. The molecule has 28 heavy (non-hydrogen) atoms. The summed E-state index contributed by atoms with van der Waals surface area (Å²) >= 11 is 0. The van der Waals surface area contributed by atoms with Gasteiger partial charge in [0.05, 0.1) is 17.9 Å². The molecule has 3 aromatic rings. The van der Waals surface area contributed by atoms with E-state index in [2.05, 4.69) is 4.98 Å². The summed E-state index contributed by atoms with van der Waals surface area (Å²) in [6.45, 7) is 2.17. The second kappa shape index (κ2) is 7.15. The Balaban J connectivity index is 1.79. The quantitative estimate of drug-likeness (QED) is 0.688. The Morgan fingerprint density at radius 3 is 2.61 bits per heavy atom. The summed E-state index contributed by atoms with van der Waals surface area (Å²) in [5.41, 5.74) is 2.61. The van der Waals surface area contributed by atoms with Gasteiger partial charge in [-0.2, -0.15) is 0 Å². The van der Waals surface area contributed by atoms with E-state index in [-0.39, 0.29) is 17.9 Å². The lowest BCUT2D eigenvalue weighted by Crippen LogP contribution is -2.30. The SMILES string of the molecule is Cc1ccc([C@@H]2C(C(=O)c3ccco3)=C(O)C(=O)N2Cc2cccnc2)cc1. The zero-order valence-corrected chi connectivity index (χ0v) is 15.2. The molecule has 6 heteroatoms. The molecule has 0 aliphatic carbocycles. The summed E-state index contributed by atoms with van der Waals surface area (Å²) in [4.78, 5) is 31.4. The molecular formula is C22H18N2O4. The third kappa shape index (κ3) is 3.09. The highest BCUT2D eigenvalue weighted by molar-refractivity contribution is 6.14. The lowest BCUT2D eigenvalue weighted by atomic mass is 9.94. The number of pyridine rings is 1. The number of furan rings is 1. The van der Waals surface area contributed by atoms with Gasteiger partial charge in [-0.3, -0.25) is 14.6 Å². The van der Waals surface area contributed by atoms with Crippen LogP contribution >= 0.6 is 0 Å². The number of rotatable bonds is 5. The molecule has 1 aliphatic rings. The van der Waals surface area contributed by atoms with Crippen molar-refractivity contribution < 1.29 is 19.1 Å². The molecule has 0 unspecified atom stereocenters. The Bertz CT molecular complexity index is 1040. The van der Waals surface area contributed by atoms with Gasteiger partial charge in [0.15, 0.2) is 11.5 Å². The van der Waals surface area contributed by atoms with Crippen LogP contribution in [0.5, 0.6) is 0 Å². The standard InChI is InChI=1S/C22H18N2O4/c1-14-6-8-16(9-7-14)19-18(20(25)17-5-3-11-28-17)21(26)22(27)24(19)13-15-4-2-10-23-12-15/h2-12,19,26H,13H2,1H3/t19-/m1/s1. The number of benzene rings is 1. The number of Topliss-reactive ketones (excluding diaryl/α,β-unsaturated/α-hetero) is 1. The van der Waals surface area contributed by atoms with Crippen molar-refractivity contribution in [1.82, 2.24) is 9.88 Å². The van der Waals surface area contributed by atoms with Crippen LogP contribution in [0.1, 0.15) is 33.3 Å². The molecule has 0 radical (unpaired) electrons. The Kier molecular flexibility index (Phi) is 4.53. The number of amides is 1. The number of nitrogens with zero attached hydrogens (tertiary/aromatic N) is 2. The molecule has 6 nitrogen and oxygen atoms in total. The number of hydrogen-bond acceptors (Lipinski definition) is 5. The fourth-order valence-electron chi connectivity index (χ4n) is 3.37. The molecule has 3 heterocycles. The zero-order chi connectivity index (χ0) is 19.7. The lowest BCUT2D eigenvalue weighted by Gasteiger charge is -2.26. The van der Waals surface area contributed by atoms with Crippen molar-refractivity contribution in [3.8, 4) is 0 Å². The summed E-state index contributed by atoms with van der Waals surface area (Å²) in [6, 6.07) is 13.5. The van der Waals surface area contributed by atoms with Crippen LogP contribution in [0, 0.1) is 6.92 Å². The van der Waals surface area contributed by atoms with Crippen molar-refractivity contribution in [2.75, 3.05) is 0 Å². The monoisotopic (exact) mass is 374 g/mol. The van der Waals surface area contributed by atoms with E-state index in [0.717, 1.165) is 16.7 Å². The van der Waals surface area contributed by atoms with Gasteiger partial charge in [0.2, 0.25) is 5.78 Å². The van der Waals surface area contributed by atoms with Crippen molar-refractivity contribution in [2.24, 2.45) is 0 Å². The van der Waals surface area contributed by atoms with Crippen molar-refractivity contribution in [3.05, 3.63) is 101 Å². The van der Waals surface area contributed by atoms with E-state index >= 15 is 0 Å². The average Bonchev–Trinajstić information content (AvgIpc) is 3.33. The van der Waals surface area contributed by atoms with E-state index in [1.807, 2.05) is 37.3 Å². The number of carbonyl (C=O) groups is 2.